The van der Waals surface area contributed by atoms with Gasteiger partial charge in [-0.3, -0.25) is 9.89 Å². The van der Waals surface area contributed by atoms with Gasteiger partial charge < -0.3 is 9.51 Å². The molecule has 114 valence electrons. The van der Waals surface area contributed by atoms with E-state index in [4.69, 9.17) is 4.52 Å². The van der Waals surface area contributed by atoms with Crippen molar-refractivity contribution in [1.29, 1.82) is 0 Å². The maximum Gasteiger partial charge on any atom is 0.287 e. The number of hydrogen-bond acceptors (Lipinski definition) is 5. The number of H-pyrrole nitrogens is 2. The summed E-state index contributed by atoms with van der Waals surface area (Å²) in [4.78, 5) is 18.0. The quantitative estimate of drug-likeness (QED) is 0.755. The van der Waals surface area contributed by atoms with Crippen molar-refractivity contribution in [1.82, 2.24) is 25.3 Å². The number of aromatic nitrogens is 5. The Kier molecular flexibility index (Phi) is 3.16. The largest absolute Gasteiger partial charge is 0.361 e. The van der Waals surface area contributed by atoms with Gasteiger partial charge in [-0.05, 0) is 27.7 Å². The van der Waals surface area contributed by atoms with Crippen LogP contribution in [0.2, 0.25) is 0 Å². The number of halogens is 1. The van der Waals surface area contributed by atoms with E-state index in [1.807, 2.05) is 20.8 Å². The first-order chi connectivity index (χ1) is 10.4. The monoisotopic (exact) mass is 303 g/mol. The third kappa shape index (κ3) is 2.03. The summed E-state index contributed by atoms with van der Waals surface area (Å²) >= 11 is 0. The lowest BCUT2D eigenvalue weighted by Gasteiger charge is -2.01. The highest BCUT2D eigenvalue weighted by Crippen LogP contribution is 2.29. The van der Waals surface area contributed by atoms with Gasteiger partial charge in [0.15, 0.2) is 5.82 Å². The molecule has 0 unspecified atom stereocenters. The van der Waals surface area contributed by atoms with Crippen molar-refractivity contribution >= 4 is 0 Å². The minimum atomic E-state index is -0.885. The second kappa shape index (κ2) is 4.90. The lowest BCUT2D eigenvalue weighted by Crippen LogP contribution is -2.15. The van der Waals surface area contributed by atoms with Gasteiger partial charge in [0.05, 0.1) is 5.69 Å². The zero-order valence-electron chi connectivity index (χ0n) is 12.5. The van der Waals surface area contributed by atoms with Crippen LogP contribution in [0.4, 0.5) is 4.39 Å². The third-order valence-electron chi connectivity index (χ3n) is 3.66. The maximum absolute atomic E-state index is 13.4. The van der Waals surface area contributed by atoms with Gasteiger partial charge in [-0.25, -0.2) is 4.98 Å². The first-order valence-corrected chi connectivity index (χ1v) is 6.65. The molecular formula is C14H14FN5O2. The number of hydrogen-bond donors (Lipinski definition) is 2. The van der Waals surface area contributed by atoms with Crippen LogP contribution in [-0.4, -0.2) is 25.3 Å². The van der Waals surface area contributed by atoms with E-state index in [2.05, 4.69) is 25.3 Å². The van der Waals surface area contributed by atoms with Crippen LogP contribution in [0.5, 0.6) is 0 Å². The molecule has 2 N–H and O–H groups in total. The number of nitrogens with one attached hydrogen (secondary N) is 2. The molecule has 0 atom stereocenters. The minimum absolute atomic E-state index is 0.0303. The van der Waals surface area contributed by atoms with Gasteiger partial charge in [0.25, 0.3) is 5.56 Å². The molecule has 0 spiro atoms. The Morgan fingerprint density at radius 2 is 1.82 bits per heavy atom. The lowest BCUT2D eigenvalue weighted by molar-refractivity contribution is 0.398. The molecule has 0 fully saturated rings. The molecular weight excluding hydrogens is 289 g/mol. The molecule has 22 heavy (non-hydrogen) atoms. The van der Waals surface area contributed by atoms with E-state index in [0.29, 0.717) is 22.8 Å². The van der Waals surface area contributed by atoms with Crippen molar-refractivity contribution in [3.8, 4) is 22.9 Å². The summed E-state index contributed by atoms with van der Waals surface area (Å²) in [7, 11) is 0. The van der Waals surface area contributed by atoms with Crippen LogP contribution in [0.1, 0.15) is 22.6 Å². The van der Waals surface area contributed by atoms with E-state index in [0.717, 1.165) is 11.1 Å². The van der Waals surface area contributed by atoms with Gasteiger partial charge in [0.2, 0.25) is 5.82 Å². The molecule has 0 aliphatic rings. The summed E-state index contributed by atoms with van der Waals surface area (Å²) in [6, 6.07) is 0. The third-order valence-corrected chi connectivity index (χ3v) is 3.66. The highest BCUT2D eigenvalue weighted by molar-refractivity contribution is 5.70. The predicted octanol–water partition coefficient (Wildman–Crippen LogP) is 2.19. The molecule has 0 saturated heterocycles. The fourth-order valence-electron chi connectivity index (χ4n) is 2.19. The van der Waals surface area contributed by atoms with Crippen molar-refractivity contribution in [2.45, 2.75) is 27.7 Å². The maximum atomic E-state index is 13.4. The Labute approximate surface area is 124 Å². The summed E-state index contributed by atoms with van der Waals surface area (Å²) in [6.45, 7) is 6.95. The topological polar surface area (TPSA) is 100 Å². The van der Waals surface area contributed by atoms with Crippen LogP contribution < -0.4 is 5.56 Å². The van der Waals surface area contributed by atoms with Crippen LogP contribution in [-0.2, 0) is 0 Å². The Morgan fingerprint density at radius 3 is 2.41 bits per heavy atom. The average Bonchev–Trinajstić information content (AvgIpc) is 3.00. The Morgan fingerprint density at radius 1 is 1.09 bits per heavy atom. The lowest BCUT2D eigenvalue weighted by atomic mass is 10.1. The summed E-state index contributed by atoms with van der Waals surface area (Å²) in [6.07, 6.45) is 0. The first kappa shape index (κ1) is 14.2. The summed E-state index contributed by atoms with van der Waals surface area (Å²) in [5, 5.41) is 11.0. The molecule has 0 bridgehead atoms. The average molecular weight is 303 g/mol. The second-order valence-electron chi connectivity index (χ2n) is 5.10. The SMILES string of the molecule is Cc1nc(-c2[nH]nc(-c3noc(C)c3C)c2C)[nH]c(=O)c1F. The van der Waals surface area contributed by atoms with Crippen LogP contribution in [0.15, 0.2) is 9.32 Å². The predicted molar refractivity (Wildman–Crippen MR) is 76.8 cm³/mol. The van der Waals surface area contributed by atoms with Crippen LogP contribution in [0, 0.1) is 33.5 Å². The van der Waals surface area contributed by atoms with Crippen LogP contribution in [0.3, 0.4) is 0 Å². The smallest absolute Gasteiger partial charge is 0.287 e. The molecule has 3 heterocycles. The van der Waals surface area contributed by atoms with E-state index >= 15 is 0 Å². The van der Waals surface area contributed by atoms with E-state index in [-0.39, 0.29) is 11.5 Å². The van der Waals surface area contributed by atoms with Crippen LogP contribution in [0.25, 0.3) is 22.9 Å². The Balaban J connectivity index is 2.16. The van der Waals surface area contributed by atoms with E-state index in [1.165, 1.54) is 6.92 Å². The standard InChI is InChI=1S/C14H14FN5O2/c1-5-8(4)22-20-11(5)10-6(2)12(19-18-10)13-16-7(3)9(15)14(21)17-13/h1-4H3,(H,18,19)(H,16,17,21). The Hall–Kier alpha value is -2.77. The van der Waals surface area contributed by atoms with Gasteiger partial charge in [-0.2, -0.15) is 9.49 Å². The molecule has 0 amide bonds. The molecule has 0 aliphatic heterocycles. The molecule has 3 aromatic heterocycles. The van der Waals surface area contributed by atoms with Gasteiger partial charge in [-0.15, -0.1) is 0 Å². The highest BCUT2D eigenvalue weighted by atomic mass is 19.1. The summed E-state index contributed by atoms with van der Waals surface area (Å²) in [5.74, 6) is 0.0604. The molecule has 0 saturated carbocycles. The second-order valence-corrected chi connectivity index (χ2v) is 5.10. The van der Waals surface area contributed by atoms with Gasteiger partial charge in [0.1, 0.15) is 22.8 Å². The van der Waals surface area contributed by atoms with Gasteiger partial charge >= 0.3 is 0 Å². The van der Waals surface area contributed by atoms with E-state index in [1.54, 1.807) is 0 Å². The molecule has 0 aromatic carbocycles. The van der Waals surface area contributed by atoms with Crippen molar-refractivity contribution in [3.63, 3.8) is 0 Å². The fraction of sp³-hybridized carbons (Fsp3) is 0.286. The minimum Gasteiger partial charge on any atom is -0.361 e. The normalized spacial score (nSPS) is 11.1. The number of aryl methyl sites for hydroxylation is 2. The zero-order valence-corrected chi connectivity index (χ0v) is 12.5. The number of rotatable bonds is 2. The number of aromatic amines is 2. The van der Waals surface area contributed by atoms with Crippen molar-refractivity contribution in [2.24, 2.45) is 0 Å². The molecule has 3 rings (SSSR count). The zero-order chi connectivity index (χ0) is 16.0. The molecule has 7 nitrogen and oxygen atoms in total. The number of nitrogens with zero attached hydrogens (tertiary/aromatic N) is 3. The first-order valence-electron chi connectivity index (χ1n) is 6.65. The highest BCUT2D eigenvalue weighted by Gasteiger charge is 2.20. The summed E-state index contributed by atoms with van der Waals surface area (Å²) < 4.78 is 18.5. The van der Waals surface area contributed by atoms with Gasteiger partial charge in [0, 0.05) is 11.1 Å². The van der Waals surface area contributed by atoms with Crippen molar-refractivity contribution in [3.05, 3.63) is 38.8 Å². The van der Waals surface area contributed by atoms with E-state index < -0.39 is 11.4 Å². The van der Waals surface area contributed by atoms with E-state index in [9.17, 15) is 9.18 Å². The van der Waals surface area contributed by atoms with Gasteiger partial charge in [-0.1, -0.05) is 5.16 Å². The Bertz CT molecular complexity index is 922. The van der Waals surface area contributed by atoms with Crippen molar-refractivity contribution < 1.29 is 8.91 Å². The molecule has 8 heteroatoms. The summed E-state index contributed by atoms with van der Waals surface area (Å²) in [5.41, 5.74) is 2.58. The van der Waals surface area contributed by atoms with Crippen molar-refractivity contribution in [2.75, 3.05) is 0 Å². The molecule has 0 radical (unpaired) electrons. The molecule has 0 aliphatic carbocycles. The van der Waals surface area contributed by atoms with Crippen LogP contribution >= 0.6 is 0 Å². The molecule has 3 aromatic rings. The fourth-order valence-corrected chi connectivity index (χ4v) is 2.19.